The molecule has 1 aliphatic carbocycles. The first-order chi connectivity index (χ1) is 37.1. The van der Waals surface area contributed by atoms with Crippen molar-refractivity contribution in [2.24, 2.45) is 13.0 Å². The highest BCUT2D eigenvalue weighted by atomic mass is 32.1. The average molecular weight is 1070 g/mol. The van der Waals surface area contributed by atoms with Crippen LogP contribution in [0.4, 0.5) is 29.8 Å². The Balaban J connectivity index is 0.671. The lowest BCUT2D eigenvalue weighted by molar-refractivity contribution is -0.184. The summed E-state index contributed by atoms with van der Waals surface area (Å²) < 4.78 is 53.2. The van der Waals surface area contributed by atoms with Crippen LogP contribution in [0.25, 0.3) is 32.2 Å². The van der Waals surface area contributed by atoms with Crippen molar-refractivity contribution in [3.8, 4) is 16.9 Å². The number of rotatable bonds is 14. The maximum absolute atomic E-state index is 14.7. The van der Waals surface area contributed by atoms with Crippen LogP contribution in [0.2, 0.25) is 0 Å². The number of ether oxygens (including phenoxy) is 1. The molecule has 19 heteroatoms. The number of halogens is 3. The summed E-state index contributed by atoms with van der Waals surface area (Å²) in [4.78, 5) is 65.6. The molecule has 3 amide bonds. The Labute approximate surface area is 447 Å². The number of anilines is 3. The van der Waals surface area contributed by atoms with Gasteiger partial charge in [-0.1, -0.05) is 60.6 Å². The number of aromatic carboxylic acids is 1. The first kappa shape index (κ1) is 51.7. The number of fused-ring (bicyclic) bond motifs is 3. The molecule has 4 aliphatic rings. The van der Waals surface area contributed by atoms with Gasteiger partial charge >= 0.3 is 12.1 Å². The molecule has 0 radical (unpaired) electrons. The summed E-state index contributed by atoms with van der Waals surface area (Å²) >= 11 is 1.42. The zero-order valence-electron chi connectivity index (χ0n) is 42.9. The topological polar surface area (TPSA) is 175 Å². The van der Waals surface area contributed by atoms with Crippen LogP contribution in [-0.2, 0) is 29.6 Å². The number of unbranched alkanes of at least 4 members (excludes halogenated alkanes) is 1. The van der Waals surface area contributed by atoms with Crippen LogP contribution in [0.3, 0.4) is 0 Å². The van der Waals surface area contributed by atoms with Gasteiger partial charge in [-0.05, 0) is 141 Å². The lowest BCUT2D eigenvalue weighted by Gasteiger charge is -2.43. The lowest BCUT2D eigenvalue weighted by Crippen LogP contribution is -2.59. The summed E-state index contributed by atoms with van der Waals surface area (Å²) in [6, 6.07) is 26.6. The van der Waals surface area contributed by atoms with Crippen LogP contribution in [-0.4, -0.2) is 104 Å². The van der Waals surface area contributed by atoms with Gasteiger partial charge in [0.25, 0.3) is 5.91 Å². The van der Waals surface area contributed by atoms with Crippen LogP contribution in [0.1, 0.15) is 107 Å². The van der Waals surface area contributed by atoms with Gasteiger partial charge in [0.15, 0.2) is 10.8 Å². The number of pyridine rings is 1. The molecule has 3 aliphatic heterocycles. The maximum Gasteiger partial charge on any atom is 0.405 e. The van der Waals surface area contributed by atoms with Crippen molar-refractivity contribution in [3.63, 3.8) is 0 Å². The van der Waals surface area contributed by atoms with Crippen molar-refractivity contribution in [3.05, 3.63) is 125 Å². The van der Waals surface area contributed by atoms with E-state index in [1.165, 1.54) is 11.3 Å². The van der Waals surface area contributed by atoms with Crippen LogP contribution < -0.4 is 25.2 Å². The van der Waals surface area contributed by atoms with Gasteiger partial charge in [0, 0.05) is 68.4 Å². The minimum atomic E-state index is -4.40. The highest BCUT2D eigenvalue weighted by Gasteiger charge is 2.46. The Kier molecular flexibility index (Phi) is 14.5. The molecular formula is C58H60F3N9O6S. The molecule has 400 valence electrons. The Morgan fingerprint density at radius 1 is 0.870 bits per heavy atom. The minimum Gasteiger partial charge on any atom is -0.490 e. The van der Waals surface area contributed by atoms with E-state index in [1.807, 2.05) is 90.7 Å². The number of thiazole rings is 1. The SMILES string of the molecule is Cc1c(O[C@H]2CC[C@H](CCCCN3CCN(c4ccc5c(C6CCC(=O)NC6=O)nn(C)c5c4)C[C@@H]3C(F)(F)F)CC2)cccc1-c1ccc(N2CCc3cccc(C(=O)Nc4nc5ccccc5s4)c3C2)nc1C(=O)O. The molecule has 3 N–H and O–H groups in total. The number of nitrogens with zero attached hydrogens (tertiary/aromatic N) is 7. The smallest absolute Gasteiger partial charge is 0.405 e. The number of alkyl halides is 3. The van der Waals surface area contributed by atoms with Crippen molar-refractivity contribution in [1.29, 1.82) is 0 Å². The van der Waals surface area contributed by atoms with E-state index in [4.69, 9.17) is 9.72 Å². The van der Waals surface area contributed by atoms with Crippen LogP contribution >= 0.6 is 11.3 Å². The Hall–Kier alpha value is -7.38. The summed E-state index contributed by atoms with van der Waals surface area (Å²) in [7, 11) is 1.75. The van der Waals surface area contributed by atoms with Gasteiger partial charge in [-0.25, -0.2) is 14.8 Å². The Morgan fingerprint density at radius 3 is 2.48 bits per heavy atom. The number of hydrogen-bond acceptors (Lipinski definition) is 12. The zero-order chi connectivity index (χ0) is 53.5. The van der Waals surface area contributed by atoms with E-state index in [0.29, 0.717) is 102 Å². The number of carbonyl (C=O) groups excluding carboxylic acids is 3. The number of amides is 3. The van der Waals surface area contributed by atoms with Crippen molar-refractivity contribution < 1.29 is 42.2 Å². The third-order valence-electron chi connectivity index (χ3n) is 16.1. The first-order valence-electron chi connectivity index (χ1n) is 26.5. The normalized spacial score (nSPS) is 20.3. The molecule has 77 heavy (non-hydrogen) atoms. The molecule has 0 spiro atoms. The van der Waals surface area contributed by atoms with E-state index in [1.54, 1.807) is 33.7 Å². The van der Waals surface area contributed by atoms with Crippen molar-refractivity contribution in [2.75, 3.05) is 47.8 Å². The number of carboxylic acid groups (broad SMARTS) is 1. The number of aromatic nitrogens is 4. The van der Waals surface area contributed by atoms with Crippen LogP contribution in [0.15, 0.2) is 91.0 Å². The van der Waals surface area contributed by atoms with Crippen molar-refractivity contribution in [1.82, 2.24) is 30.0 Å². The molecule has 1 unspecified atom stereocenters. The fourth-order valence-electron chi connectivity index (χ4n) is 11.9. The second-order valence-corrected chi connectivity index (χ2v) is 21.9. The van der Waals surface area contributed by atoms with Gasteiger partial charge in [0.2, 0.25) is 11.8 Å². The zero-order valence-corrected chi connectivity index (χ0v) is 43.8. The molecule has 6 heterocycles. The molecule has 4 aromatic carbocycles. The minimum absolute atomic E-state index is 0.0235. The van der Waals surface area contributed by atoms with Gasteiger partial charge in [-0.2, -0.15) is 18.3 Å². The number of imide groups is 1. The van der Waals surface area contributed by atoms with Gasteiger partial charge < -0.3 is 19.6 Å². The molecule has 15 nitrogen and oxygen atoms in total. The van der Waals surface area contributed by atoms with E-state index in [2.05, 4.69) is 20.7 Å². The van der Waals surface area contributed by atoms with Gasteiger partial charge in [-0.15, -0.1) is 0 Å². The summed E-state index contributed by atoms with van der Waals surface area (Å²) in [6.45, 7) is 3.82. The second-order valence-electron chi connectivity index (χ2n) is 20.9. The third kappa shape index (κ3) is 10.8. The molecule has 2 atom stereocenters. The van der Waals surface area contributed by atoms with Crippen LogP contribution in [0.5, 0.6) is 5.75 Å². The van der Waals surface area contributed by atoms with Crippen molar-refractivity contribution in [2.45, 2.75) is 102 Å². The number of hydrogen-bond donors (Lipinski definition) is 3. The highest BCUT2D eigenvalue weighted by molar-refractivity contribution is 7.22. The number of nitrogens with one attached hydrogen (secondary N) is 2. The third-order valence-corrected chi connectivity index (χ3v) is 17.0. The predicted molar refractivity (Wildman–Crippen MR) is 290 cm³/mol. The molecule has 1 saturated carbocycles. The lowest BCUT2D eigenvalue weighted by atomic mass is 9.84. The average Bonchev–Trinajstić information content (AvgIpc) is 4.00. The molecule has 11 rings (SSSR count). The Bertz CT molecular complexity index is 3370. The van der Waals surface area contributed by atoms with E-state index in [-0.39, 0.29) is 49.0 Å². The highest BCUT2D eigenvalue weighted by Crippen LogP contribution is 2.39. The number of piperazine rings is 1. The maximum atomic E-state index is 14.7. The quantitative estimate of drug-likeness (QED) is 0.0696. The first-order valence-corrected chi connectivity index (χ1v) is 27.4. The summed E-state index contributed by atoms with van der Waals surface area (Å²) in [5.41, 5.74) is 7.17. The summed E-state index contributed by atoms with van der Waals surface area (Å²) in [5, 5.41) is 21.8. The molecule has 0 bridgehead atoms. The number of carbonyl (C=O) groups is 4. The van der Waals surface area contributed by atoms with Gasteiger partial charge in [0.05, 0.1) is 33.4 Å². The van der Waals surface area contributed by atoms with E-state index < -0.39 is 24.1 Å². The van der Waals surface area contributed by atoms with Gasteiger partial charge in [-0.3, -0.25) is 34.6 Å². The Morgan fingerprint density at radius 2 is 1.69 bits per heavy atom. The molecule has 3 fully saturated rings. The van der Waals surface area contributed by atoms with Gasteiger partial charge in [0.1, 0.15) is 17.6 Å². The predicted octanol–water partition coefficient (Wildman–Crippen LogP) is 10.4. The summed E-state index contributed by atoms with van der Waals surface area (Å²) in [5.74, 6) is -1.02. The molecular weight excluding hydrogens is 1010 g/mol. The fraction of sp³-hybridized carbons (Fsp3) is 0.397. The number of aryl methyl sites for hydroxylation is 1. The second kappa shape index (κ2) is 21.6. The number of piperidine rings is 1. The largest absolute Gasteiger partial charge is 0.490 e. The standard InChI is InChI=1S/C58H60F3N9O6S/c1-34-39(40-22-24-50(63-53(40)56(74)75)70-28-26-36-10-7-12-41(44(36)32-70)54(72)65-57-62-45-13-3-4-15-48(45)77-57)11-8-14-47(34)76-38-19-16-35(17-20-38)9-5-6-27-68-29-30-69(33-49(68)58(59,60)61)37-18-21-42-46(31-37)67(2)66-52(42)43-23-25-51(71)64-55(43)73/h3-4,7-8,10-15,18,21-22,24,31,35,38,43,49H,5-6,9,16-17,19-20,23,25-30,32-33H2,1-2H3,(H,74,75)(H,62,65,72)(H,64,71,73)/t35-,38-,43?,49-/m1/s1. The number of benzene rings is 4. The van der Waals surface area contributed by atoms with Crippen molar-refractivity contribution >= 4 is 72.8 Å². The molecule has 7 aromatic rings. The molecule has 3 aromatic heterocycles. The monoisotopic (exact) mass is 1070 g/mol. The van der Waals surface area contributed by atoms with E-state index in [9.17, 15) is 37.5 Å². The molecule has 2 saturated heterocycles. The van der Waals surface area contributed by atoms with E-state index in [0.717, 1.165) is 70.8 Å². The summed E-state index contributed by atoms with van der Waals surface area (Å²) in [6.07, 6.45) is 2.85. The fourth-order valence-corrected chi connectivity index (χ4v) is 12.8. The number of para-hydroxylation sites is 1. The number of carboxylic acids is 1. The van der Waals surface area contributed by atoms with Crippen LogP contribution in [0, 0.1) is 12.8 Å². The van der Waals surface area contributed by atoms with E-state index >= 15 is 0 Å².